The van der Waals surface area contributed by atoms with Crippen LogP contribution in [0, 0.1) is 11.8 Å². The Morgan fingerprint density at radius 2 is 1.68 bits per heavy atom. The molecule has 2 fully saturated rings. The topological polar surface area (TPSA) is 75.6 Å². The number of carboxylic acid groups (broad SMARTS) is 1. The van der Waals surface area contributed by atoms with Crippen LogP contribution in [0.4, 0.5) is 0 Å². The summed E-state index contributed by atoms with van der Waals surface area (Å²) in [6.45, 7) is 1.60. The third-order valence-corrected chi connectivity index (χ3v) is 5.05. The van der Waals surface area contributed by atoms with Gasteiger partial charge in [0.15, 0.2) is 0 Å². The number of hydrogen-bond donors (Lipinski definition) is 2. The van der Waals surface area contributed by atoms with Crippen molar-refractivity contribution in [1.82, 2.24) is 5.32 Å². The molecule has 0 aromatic rings. The molecule has 0 aromatic carbocycles. The first-order valence-electron chi connectivity index (χ1n) is 8.76. The molecule has 2 atom stereocenters. The molecule has 22 heavy (non-hydrogen) atoms. The molecule has 0 radical (unpaired) electrons. The summed E-state index contributed by atoms with van der Waals surface area (Å²) >= 11 is 0. The van der Waals surface area contributed by atoms with E-state index in [-0.39, 0.29) is 11.9 Å². The summed E-state index contributed by atoms with van der Waals surface area (Å²) < 4.78 is 5.33. The maximum Gasteiger partial charge on any atom is 0.308 e. The van der Waals surface area contributed by atoms with E-state index in [4.69, 9.17) is 4.74 Å². The Balaban J connectivity index is 1.79. The summed E-state index contributed by atoms with van der Waals surface area (Å²) in [5, 5.41) is 12.4. The molecule has 126 valence electrons. The Morgan fingerprint density at radius 3 is 2.36 bits per heavy atom. The van der Waals surface area contributed by atoms with Gasteiger partial charge in [0.25, 0.3) is 0 Å². The number of ether oxygens (including phenoxy) is 1. The number of carbonyl (C=O) groups excluding carboxylic acids is 1. The molecule has 5 nitrogen and oxygen atoms in total. The third kappa shape index (κ3) is 5.59. The van der Waals surface area contributed by atoms with E-state index in [2.05, 4.69) is 5.32 Å². The fraction of sp³-hybridized carbons (Fsp3) is 0.882. The van der Waals surface area contributed by atoms with Gasteiger partial charge < -0.3 is 15.2 Å². The van der Waals surface area contributed by atoms with Crippen LogP contribution in [-0.4, -0.2) is 36.2 Å². The van der Waals surface area contributed by atoms with Crippen LogP contribution in [0.2, 0.25) is 0 Å². The average Bonchev–Trinajstić information content (AvgIpc) is 2.49. The normalized spacial score (nSPS) is 27.6. The Bertz CT molecular complexity index is 366. The molecule has 2 aliphatic rings. The highest BCUT2D eigenvalue weighted by atomic mass is 16.5. The molecule has 1 aliphatic carbocycles. The maximum absolute atomic E-state index is 12.2. The van der Waals surface area contributed by atoms with Gasteiger partial charge >= 0.3 is 5.97 Å². The highest BCUT2D eigenvalue weighted by Gasteiger charge is 2.29. The monoisotopic (exact) mass is 311 g/mol. The number of rotatable bonds is 5. The molecule has 2 unspecified atom stereocenters. The molecule has 1 heterocycles. The Kier molecular flexibility index (Phi) is 7.16. The zero-order valence-corrected chi connectivity index (χ0v) is 13.4. The van der Waals surface area contributed by atoms with E-state index in [1.807, 2.05) is 0 Å². The largest absolute Gasteiger partial charge is 0.481 e. The molecular weight excluding hydrogens is 282 g/mol. The van der Waals surface area contributed by atoms with Crippen molar-refractivity contribution in [3.05, 3.63) is 0 Å². The number of aliphatic carboxylic acids is 1. The third-order valence-electron chi connectivity index (χ3n) is 5.05. The lowest BCUT2D eigenvalue weighted by Gasteiger charge is -2.28. The van der Waals surface area contributed by atoms with Gasteiger partial charge in [0.05, 0.1) is 5.92 Å². The summed E-state index contributed by atoms with van der Waals surface area (Å²) in [6, 6.07) is -0.194. The molecule has 5 heteroatoms. The first-order chi connectivity index (χ1) is 10.7. The van der Waals surface area contributed by atoms with Gasteiger partial charge in [-0.1, -0.05) is 25.7 Å². The molecule has 0 aromatic heterocycles. The van der Waals surface area contributed by atoms with E-state index in [1.165, 1.54) is 0 Å². The van der Waals surface area contributed by atoms with Gasteiger partial charge in [-0.2, -0.15) is 0 Å². The average molecular weight is 311 g/mol. The van der Waals surface area contributed by atoms with Crippen LogP contribution < -0.4 is 5.32 Å². The van der Waals surface area contributed by atoms with Crippen LogP contribution in [-0.2, 0) is 14.3 Å². The quantitative estimate of drug-likeness (QED) is 0.818. The van der Waals surface area contributed by atoms with Crippen molar-refractivity contribution in [2.24, 2.45) is 11.8 Å². The fourth-order valence-corrected chi connectivity index (χ4v) is 3.60. The number of hydrogen-bond acceptors (Lipinski definition) is 3. The number of carboxylic acids is 1. The second kappa shape index (κ2) is 9.13. The lowest BCUT2D eigenvalue weighted by Crippen LogP contribution is -2.44. The summed E-state index contributed by atoms with van der Waals surface area (Å²) in [6.07, 6.45) is 9.14. The molecule has 1 aliphatic heterocycles. The zero-order valence-electron chi connectivity index (χ0n) is 13.4. The second-order valence-corrected chi connectivity index (χ2v) is 6.70. The summed E-state index contributed by atoms with van der Waals surface area (Å²) in [7, 11) is 0. The highest BCUT2D eigenvalue weighted by molar-refractivity contribution is 5.78. The van der Waals surface area contributed by atoms with Crippen molar-refractivity contribution in [2.45, 2.75) is 70.3 Å². The van der Waals surface area contributed by atoms with Crippen LogP contribution in [0.15, 0.2) is 0 Å². The molecule has 2 rings (SSSR count). The van der Waals surface area contributed by atoms with E-state index in [0.29, 0.717) is 18.8 Å². The van der Waals surface area contributed by atoms with Crippen molar-refractivity contribution < 1.29 is 19.4 Å². The van der Waals surface area contributed by atoms with Crippen LogP contribution >= 0.6 is 0 Å². The Hall–Kier alpha value is -1.10. The van der Waals surface area contributed by atoms with Crippen molar-refractivity contribution in [3.8, 4) is 0 Å². The molecule has 1 amide bonds. The van der Waals surface area contributed by atoms with Gasteiger partial charge in [0.1, 0.15) is 0 Å². The predicted octanol–water partition coefficient (Wildman–Crippen LogP) is 2.73. The van der Waals surface area contributed by atoms with Gasteiger partial charge in [0.2, 0.25) is 5.91 Å². The minimum atomic E-state index is -0.767. The lowest BCUT2D eigenvalue weighted by atomic mass is 9.86. The van der Waals surface area contributed by atoms with Crippen LogP contribution in [0.1, 0.15) is 64.2 Å². The van der Waals surface area contributed by atoms with Crippen molar-refractivity contribution in [2.75, 3.05) is 13.2 Å². The van der Waals surface area contributed by atoms with Crippen LogP contribution in [0.5, 0.6) is 0 Å². The minimum Gasteiger partial charge on any atom is -0.481 e. The number of nitrogens with one attached hydrogen (secondary N) is 1. The van der Waals surface area contributed by atoms with Crippen molar-refractivity contribution in [3.63, 3.8) is 0 Å². The van der Waals surface area contributed by atoms with E-state index < -0.39 is 11.9 Å². The smallest absolute Gasteiger partial charge is 0.308 e. The molecular formula is C17H29NO4. The first-order valence-corrected chi connectivity index (χ1v) is 8.76. The molecule has 1 saturated carbocycles. The molecule has 1 saturated heterocycles. The zero-order chi connectivity index (χ0) is 15.8. The van der Waals surface area contributed by atoms with Crippen LogP contribution in [0.25, 0.3) is 0 Å². The van der Waals surface area contributed by atoms with E-state index in [1.54, 1.807) is 0 Å². The van der Waals surface area contributed by atoms with Gasteiger partial charge in [0, 0.05) is 25.7 Å². The number of carbonyl (C=O) groups is 2. The number of amides is 1. The summed E-state index contributed by atoms with van der Waals surface area (Å²) in [4.78, 5) is 23.6. The molecule has 0 spiro atoms. The first kappa shape index (κ1) is 17.3. The van der Waals surface area contributed by atoms with Crippen LogP contribution in [0.3, 0.4) is 0 Å². The van der Waals surface area contributed by atoms with Gasteiger partial charge in [-0.3, -0.25) is 9.59 Å². The maximum atomic E-state index is 12.2. The lowest BCUT2D eigenvalue weighted by molar-refractivity contribution is -0.143. The molecule has 0 bridgehead atoms. The SMILES string of the molecule is O=C(CCC1CCOCC1)NC1CCCCCCC1C(=O)O. The standard InChI is InChI=1S/C17H29NO4/c19-16(8-7-13-9-11-22-12-10-13)18-15-6-4-2-1-3-5-14(15)17(20)21/h13-15H,1-12H2,(H,18,19)(H,20,21). The van der Waals surface area contributed by atoms with Gasteiger partial charge in [-0.15, -0.1) is 0 Å². The highest BCUT2D eigenvalue weighted by Crippen LogP contribution is 2.24. The predicted molar refractivity (Wildman–Crippen MR) is 83.5 cm³/mol. The van der Waals surface area contributed by atoms with Gasteiger partial charge in [-0.05, 0) is 38.0 Å². The second-order valence-electron chi connectivity index (χ2n) is 6.70. The summed E-state index contributed by atoms with van der Waals surface area (Å²) in [5.41, 5.74) is 0. The molecule has 2 N–H and O–H groups in total. The van der Waals surface area contributed by atoms with Gasteiger partial charge in [-0.25, -0.2) is 0 Å². The van der Waals surface area contributed by atoms with E-state index in [0.717, 1.165) is 64.6 Å². The van der Waals surface area contributed by atoms with E-state index in [9.17, 15) is 14.7 Å². The van der Waals surface area contributed by atoms with Crippen molar-refractivity contribution in [1.29, 1.82) is 0 Å². The Morgan fingerprint density at radius 1 is 1.00 bits per heavy atom. The summed E-state index contributed by atoms with van der Waals surface area (Å²) in [5.74, 6) is -0.598. The van der Waals surface area contributed by atoms with Crippen molar-refractivity contribution >= 4 is 11.9 Å². The fourth-order valence-electron chi connectivity index (χ4n) is 3.60. The van der Waals surface area contributed by atoms with E-state index >= 15 is 0 Å². The minimum absolute atomic E-state index is 0.0170. The Labute approximate surface area is 132 Å².